The Balaban J connectivity index is 1.58. The normalized spacial score (nSPS) is 12.6. The zero-order chi connectivity index (χ0) is 13.1. The molecule has 0 spiro atoms. The number of rotatable bonds is 4. The van der Waals surface area contributed by atoms with E-state index in [9.17, 15) is 0 Å². The maximum atomic E-state index is 5.59. The first-order valence-electron chi connectivity index (χ1n) is 5.98. The van der Waals surface area contributed by atoms with Crippen molar-refractivity contribution in [2.45, 2.75) is 13.1 Å². The molecule has 0 aliphatic carbocycles. The van der Waals surface area contributed by atoms with Gasteiger partial charge in [-0.15, -0.1) is 0 Å². The summed E-state index contributed by atoms with van der Waals surface area (Å²) in [5.74, 6) is 2.75. The molecule has 2 heterocycles. The molecule has 1 aromatic carbocycles. The predicted molar refractivity (Wildman–Crippen MR) is 69.6 cm³/mol. The van der Waals surface area contributed by atoms with Gasteiger partial charge in [-0.3, -0.25) is 0 Å². The molecule has 0 amide bonds. The summed E-state index contributed by atoms with van der Waals surface area (Å²) in [6.07, 6.45) is 1.65. The van der Waals surface area contributed by atoms with Crippen molar-refractivity contribution in [2.24, 2.45) is 0 Å². The molecule has 0 fully saturated rings. The molecule has 6 heteroatoms. The Morgan fingerprint density at radius 1 is 1.16 bits per heavy atom. The van der Waals surface area contributed by atoms with E-state index < -0.39 is 0 Å². The fourth-order valence-corrected chi connectivity index (χ4v) is 1.87. The smallest absolute Gasteiger partial charge is 0.231 e. The molecule has 0 saturated heterocycles. The van der Waals surface area contributed by atoms with Crippen molar-refractivity contribution in [1.29, 1.82) is 0 Å². The number of nitrogens with zero attached hydrogens (tertiary/aromatic N) is 2. The number of nitrogen functional groups attached to an aromatic ring is 1. The second-order valence-corrected chi connectivity index (χ2v) is 4.19. The minimum Gasteiger partial charge on any atom is -0.454 e. The van der Waals surface area contributed by atoms with Crippen LogP contribution in [0.15, 0.2) is 30.5 Å². The number of anilines is 1. The van der Waals surface area contributed by atoms with Gasteiger partial charge >= 0.3 is 0 Å². The van der Waals surface area contributed by atoms with Gasteiger partial charge in [0.25, 0.3) is 0 Å². The molecule has 1 aliphatic rings. The molecule has 0 radical (unpaired) electrons. The average Bonchev–Trinajstić information content (AvgIpc) is 2.86. The third-order valence-corrected chi connectivity index (χ3v) is 2.78. The van der Waals surface area contributed by atoms with Gasteiger partial charge in [-0.1, -0.05) is 6.07 Å². The number of fused-ring (bicyclic) bond motifs is 1. The van der Waals surface area contributed by atoms with E-state index in [1.54, 1.807) is 12.3 Å². The maximum Gasteiger partial charge on any atom is 0.231 e. The monoisotopic (exact) mass is 258 g/mol. The minimum atomic E-state index is 0.295. The Morgan fingerprint density at radius 3 is 2.95 bits per heavy atom. The molecule has 0 saturated carbocycles. The number of aromatic nitrogens is 2. The van der Waals surface area contributed by atoms with Gasteiger partial charge in [-0.05, 0) is 23.8 Å². The van der Waals surface area contributed by atoms with Gasteiger partial charge in [0.1, 0.15) is 11.6 Å². The van der Waals surface area contributed by atoms with Crippen LogP contribution in [0.5, 0.6) is 11.5 Å². The molecule has 1 aromatic heterocycles. The average molecular weight is 258 g/mol. The van der Waals surface area contributed by atoms with Crippen molar-refractivity contribution >= 4 is 5.82 Å². The van der Waals surface area contributed by atoms with Gasteiger partial charge in [0.2, 0.25) is 6.79 Å². The number of hydrogen-bond acceptors (Lipinski definition) is 6. The van der Waals surface area contributed by atoms with Crippen LogP contribution >= 0.6 is 0 Å². The molecule has 0 bridgehead atoms. The van der Waals surface area contributed by atoms with Crippen LogP contribution in [0.25, 0.3) is 0 Å². The van der Waals surface area contributed by atoms with Gasteiger partial charge < -0.3 is 20.5 Å². The summed E-state index contributed by atoms with van der Waals surface area (Å²) in [7, 11) is 0. The van der Waals surface area contributed by atoms with Crippen molar-refractivity contribution in [3.8, 4) is 11.5 Å². The lowest BCUT2D eigenvalue weighted by atomic mass is 10.2. The highest BCUT2D eigenvalue weighted by Crippen LogP contribution is 2.32. The van der Waals surface area contributed by atoms with Crippen molar-refractivity contribution in [3.63, 3.8) is 0 Å². The summed E-state index contributed by atoms with van der Waals surface area (Å²) in [5, 5.41) is 3.26. The Morgan fingerprint density at radius 2 is 2.05 bits per heavy atom. The van der Waals surface area contributed by atoms with E-state index in [4.69, 9.17) is 15.2 Å². The standard InChI is InChI=1S/C13H14N4O2/c14-12-3-4-16-13(17-12)7-15-6-9-1-2-10-11(5-9)19-8-18-10/h1-5,15H,6-8H2,(H2,14,16,17). The zero-order valence-corrected chi connectivity index (χ0v) is 10.3. The lowest BCUT2D eigenvalue weighted by Gasteiger charge is -2.05. The largest absolute Gasteiger partial charge is 0.454 e. The van der Waals surface area contributed by atoms with Crippen LogP contribution in [-0.4, -0.2) is 16.8 Å². The van der Waals surface area contributed by atoms with Gasteiger partial charge in [0, 0.05) is 12.7 Å². The van der Waals surface area contributed by atoms with Crippen molar-refractivity contribution < 1.29 is 9.47 Å². The number of ether oxygens (including phenoxy) is 2. The summed E-state index contributed by atoms with van der Waals surface area (Å²) < 4.78 is 10.6. The van der Waals surface area contributed by atoms with E-state index in [0.717, 1.165) is 17.1 Å². The molecule has 3 rings (SSSR count). The highest BCUT2D eigenvalue weighted by Gasteiger charge is 2.12. The van der Waals surface area contributed by atoms with Crippen LogP contribution in [0.4, 0.5) is 5.82 Å². The van der Waals surface area contributed by atoms with Gasteiger partial charge in [-0.2, -0.15) is 0 Å². The van der Waals surface area contributed by atoms with Gasteiger partial charge in [0.05, 0.1) is 6.54 Å². The highest BCUT2D eigenvalue weighted by atomic mass is 16.7. The Hall–Kier alpha value is -2.34. The van der Waals surface area contributed by atoms with Crippen LogP contribution in [0.3, 0.4) is 0 Å². The molecule has 19 heavy (non-hydrogen) atoms. The SMILES string of the molecule is Nc1ccnc(CNCc2ccc3c(c2)OCO3)n1. The van der Waals surface area contributed by atoms with Crippen molar-refractivity contribution in [3.05, 3.63) is 41.9 Å². The Labute approximate surface area is 110 Å². The lowest BCUT2D eigenvalue weighted by molar-refractivity contribution is 0.174. The lowest BCUT2D eigenvalue weighted by Crippen LogP contribution is -2.15. The number of benzene rings is 1. The Kier molecular flexibility index (Phi) is 3.16. The maximum absolute atomic E-state index is 5.59. The summed E-state index contributed by atoms with van der Waals surface area (Å²) >= 11 is 0. The molecule has 3 N–H and O–H groups in total. The summed E-state index contributed by atoms with van der Waals surface area (Å²) in [6, 6.07) is 7.55. The van der Waals surface area contributed by atoms with E-state index in [0.29, 0.717) is 31.5 Å². The second kappa shape index (κ2) is 5.11. The predicted octanol–water partition coefficient (Wildman–Crippen LogP) is 1.08. The summed E-state index contributed by atoms with van der Waals surface area (Å²) in [6.45, 7) is 1.57. The fraction of sp³-hybridized carbons (Fsp3) is 0.231. The number of nitrogens with one attached hydrogen (secondary N) is 1. The van der Waals surface area contributed by atoms with E-state index >= 15 is 0 Å². The van der Waals surface area contributed by atoms with E-state index in [1.165, 1.54) is 0 Å². The molecule has 0 unspecified atom stereocenters. The fourth-order valence-electron chi connectivity index (χ4n) is 1.87. The summed E-state index contributed by atoms with van der Waals surface area (Å²) in [5.41, 5.74) is 6.71. The van der Waals surface area contributed by atoms with Crippen molar-refractivity contribution in [1.82, 2.24) is 15.3 Å². The highest BCUT2D eigenvalue weighted by molar-refractivity contribution is 5.44. The first-order chi connectivity index (χ1) is 9.31. The topological polar surface area (TPSA) is 82.3 Å². The van der Waals surface area contributed by atoms with Crippen LogP contribution in [-0.2, 0) is 13.1 Å². The number of nitrogens with two attached hydrogens (primary N) is 1. The van der Waals surface area contributed by atoms with Gasteiger partial charge in [-0.25, -0.2) is 9.97 Å². The first kappa shape index (κ1) is 11.7. The molecule has 2 aromatic rings. The molecule has 98 valence electrons. The molecular formula is C13H14N4O2. The second-order valence-electron chi connectivity index (χ2n) is 4.19. The van der Waals surface area contributed by atoms with Crippen LogP contribution in [0.1, 0.15) is 11.4 Å². The van der Waals surface area contributed by atoms with Crippen LogP contribution in [0, 0.1) is 0 Å². The molecular weight excluding hydrogens is 244 g/mol. The minimum absolute atomic E-state index is 0.295. The zero-order valence-electron chi connectivity index (χ0n) is 10.3. The van der Waals surface area contributed by atoms with E-state index in [2.05, 4.69) is 15.3 Å². The van der Waals surface area contributed by atoms with Gasteiger partial charge in [0.15, 0.2) is 11.5 Å². The third-order valence-electron chi connectivity index (χ3n) is 2.78. The molecule has 1 aliphatic heterocycles. The van der Waals surface area contributed by atoms with Crippen molar-refractivity contribution in [2.75, 3.05) is 12.5 Å². The molecule has 0 atom stereocenters. The van der Waals surface area contributed by atoms with E-state index in [-0.39, 0.29) is 0 Å². The van der Waals surface area contributed by atoms with Crippen LogP contribution in [0.2, 0.25) is 0 Å². The first-order valence-corrected chi connectivity index (χ1v) is 5.98. The van der Waals surface area contributed by atoms with Crippen LogP contribution < -0.4 is 20.5 Å². The Bertz CT molecular complexity index is 589. The number of hydrogen-bond donors (Lipinski definition) is 2. The summed E-state index contributed by atoms with van der Waals surface area (Å²) in [4.78, 5) is 8.25. The quantitative estimate of drug-likeness (QED) is 0.854. The third kappa shape index (κ3) is 2.74. The molecule has 6 nitrogen and oxygen atoms in total. The van der Waals surface area contributed by atoms with E-state index in [1.807, 2.05) is 18.2 Å².